The minimum absolute atomic E-state index is 0.0937. The van der Waals surface area contributed by atoms with Crippen molar-refractivity contribution in [1.82, 2.24) is 5.32 Å². The Hall–Kier alpha value is -1.06. The fourth-order valence-electron chi connectivity index (χ4n) is 1.94. The molecule has 0 amide bonds. The SMILES string of the molecule is Cc1ccc(OCCCNCCO)c(C(C)(C)C)c1. The molecule has 0 fully saturated rings. The highest BCUT2D eigenvalue weighted by atomic mass is 16.5. The second kappa shape index (κ2) is 7.51. The quantitative estimate of drug-likeness (QED) is 0.745. The van der Waals surface area contributed by atoms with E-state index in [9.17, 15) is 0 Å². The van der Waals surface area contributed by atoms with Crippen molar-refractivity contribution in [3.63, 3.8) is 0 Å². The molecule has 0 saturated carbocycles. The average molecular weight is 265 g/mol. The van der Waals surface area contributed by atoms with Crippen molar-refractivity contribution in [3.8, 4) is 5.75 Å². The van der Waals surface area contributed by atoms with Gasteiger partial charge in [0.2, 0.25) is 0 Å². The summed E-state index contributed by atoms with van der Waals surface area (Å²) in [5.41, 5.74) is 2.62. The van der Waals surface area contributed by atoms with Crippen LogP contribution in [-0.2, 0) is 5.41 Å². The lowest BCUT2D eigenvalue weighted by Crippen LogP contribution is -2.21. The molecule has 0 radical (unpaired) electrons. The number of aliphatic hydroxyl groups is 1. The molecule has 0 aliphatic rings. The lowest BCUT2D eigenvalue weighted by molar-refractivity contribution is 0.279. The number of nitrogens with one attached hydrogen (secondary N) is 1. The minimum Gasteiger partial charge on any atom is -0.493 e. The number of hydrogen-bond donors (Lipinski definition) is 2. The van der Waals surface area contributed by atoms with Gasteiger partial charge in [-0.05, 0) is 36.9 Å². The van der Waals surface area contributed by atoms with Crippen LogP contribution in [-0.4, -0.2) is 31.4 Å². The first-order valence-corrected chi connectivity index (χ1v) is 7.00. The summed E-state index contributed by atoms with van der Waals surface area (Å²) >= 11 is 0. The summed E-state index contributed by atoms with van der Waals surface area (Å²) < 4.78 is 5.90. The molecule has 0 aromatic heterocycles. The molecule has 0 heterocycles. The number of benzene rings is 1. The van der Waals surface area contributed by atoms with E-state index in [1.54, 1.807) is 0 Å². The molecule has 0 bridgehead atoms. The van der Waals surface area contributed by atoms with Gasteiger partial charge in [0.25, 0.3) is 0 Å². The predicted molar refractivity (Wildman–Crippen MR) is 79.9 cm³/mol. The molecule has 1 rings (SSSR count). The Balaban J connectivity index is 2.54. The molecular formula is C16H27NO2. The van der Waals surface area contributed by atoms with Crippen LogP contribution in [0.3, 0.4) is 0 Å². The number of aliphatic hydroxyl groups excluding tert-OH is 1. The monoisotopic (exact) mass is 265 g/mol. The molecule has 2 N–H and O–H groups in total. The van der Waals surface area contributed by atoms with E-state index in [4.69, 9.17) is 9.84 Å². The van der Waals surface area contributed by atoms with Gasteiger partial charge < -0.3 is 15.2 Å². The van der Waals surface area contributed by atoms with Crippen molar-refractivity contribution in [1.29, 1.82) is 0 Å². The summed E-state index contributed by atoms with van der Waals surface area (Å²) in [6.45, 7) is 11.1. The second-order valence-corrected chi connectivity index (χ2v) is 5.93. The van der Waals surface area contributed by atoms with E-state index in [-0.39, 0.29) is 12.0 Å². The Bertz CT molecular complexity index is 383. The summed E-state index contributed by atoms with van der Waals surface area (Å²) in [6, 6.07) is 6.37. The average Bonchev–Trinajstić information content (AvgIpc) is 2.34. The predicted octanol–water partition coefficient (Wildman–Crippen LogP) is 2.64. The zero-order chi connectivity index (χ0) is 14.3. The Kier molecular flexibility index (Phi) is 6.32. The van der Waals surface area contributed by atoms with Crippen molar-refractivity contribution in [2.75, 3.05) is 26.3 Å². The van der Waals surface area contributed by atoms with Gasteiger partial charge in [-0.3, -0.25) is 0 Å². The van der Waals surface area contributed by atoms with Crippen molar-refractivity contribution in [2.45, 2.75) is 39.5 Å². The smallest absolute Gasteiger partial charge is 0.123 e. The highest BCUT2D eigenvalue weighted by Crippen LogP contribution is 2.32. The molecule has 19 heavy (non-hydrogen) atoms. The van der Waals surface area contributed by atoms with Gasteiger partial charge in [-0.2, -0.15) is 0 Å². The Morgan fingerprint density at radius 1 is 1.21 bits per heavy atom. The number of rotatable bonds is 7. The summed E-state index contributed by atoms with van der Waals surface area (Å²) in [5, 5.41) is 11.8. The van der Waals surface area contributed by atoms with Crippen LogP contribution in [0.2, 0.25) is 0 Å². The Morgan fingerprint density at radius 3 is 2.58 bits per heavy atom. The first kappa shape index (κ1) is 16.0. The Labute approximate surface area is 117 Å². The first-order chi connectivity index (χ1) is 8.95. The molecule has 3 heteroatoms. The van der Waals surface area contributed by atoms with Crippen molar-refractivity contribution >= 4 is 0 Å². The molecule has 0 atom stereocenters. The standard InChI is InChI=1S/C16H27NO2/c1-13-6-7-15(14(12-13)16(2,3)4)19-11-5-8-17-9-10-18/h6-7,12,17-18H,5,8-11H2,1-4H3. The summed E-state index contributed by atoms with van der Waals surface area (Å²) in [4.78, 5) is 0. The van der Waals surface area contributed by atoms with Gasteiger partial charge in [0, 0.05) is 6.54 Å². The van der Waals surface area contributed by atoms with Crippen LogP contribution in [0.4, 0.5) is 0 Å². The normalized spacial score (nSPS) is 11.6. The topological polar surface area (TPSA) is 41.5 Å². The third-order valence-corrected chi connectivity index (χ3v) is 2.99. The van der Waals surface area contributed by atoms with Gasteiger partial charge in [-0.1, -0.05) is 38.5 Å². The van der Waals surface area contributed by atoms with Crippen LogP contribution in [0.25, 0.3) is 0 Å². The van der Waals surface area contributed by atoms with Crippen LogP contribution >= 0.6 is 0 Å². The van der Waals surface area contributed by atoms with Gasteiger partial charge in [0.05, 0.1) is 13.2 Å². The summed E-state index contributed by atoms with van der Waals surface area (Å²) in [7, 11) is 0. The molecular weight excluding hydrogens is 238 g/mol. The first-order valence-electron chi connectivity index (χ1n) is 7.00. The van der Waals surface area contributed by atoms with E-state index in [0.717, 1.165) is 18.7 Å². The Morgan fingerprint density at radius 2 is 1.95 bits per heavy atom. The lowest BCUT2D eigenvalue weighted by Gasteiger charge is -2.23. The van der Waals surface area contributed by atoms with Crippen LogP contribution in [0.15, 0.2) is 18.2 Å². The fourth-order valence-corrected chi connectivity index (χ4v) is 1.94. The van der Waals surface area contributed by atoms with E-state index >= 15 is 0 Å². The maximum absolute atomic E-state index is 8.66. The zero-order valence-corrected chi connectivity index (χ0v) is 12.6. The number of hydrogen-bond acceptors (Lipinski definition) is 3. The minimum atomic E-state index is 0.0937. The van der Waals surface area contributed by atoms with Gasteiger partial charge in [0.15, 0.2) is 0 Å². The maximum atomic E-state index is 8.66. The van der Waals surface area contributed by atoms with Crippen molar-refractivity contribution < 1.29 is 9.84 Å². The molecule has 108 valence electrons. The second-order valence-electron chi connectivity index (χ2n) is 5.93. The van der Waals surface area contributed by atoms with Gasteiger partial charge in [0.1, 0.15) is 5.75 Å². The number of aryl methyl sites for hydroxylation is 1. The van der Waals surface area contributed by atoms with Crippen molar-refractivity contribution in [2.24, 2.45) is 0 Å². The third kappa shape index (κ3) is 5.62. The fraction of sp³-hybridized carbons (Fsp3) is 0.625. The highest BCUT2D eigenvalue weighted by Gasteiger charge is 2.18. The van der Waals surface area contributed by atoms with E-state index in [1.165, 1.54) is 11.1 Å². The van der Waals surface area contributed by atoms with Crippen molar-refractivity contribution in [3.05, 3.63) is 29.3 Å². The lowest BCUT2D eigenvalue weighted by atomic mass is 9.85. The molecule has 0 aliphatic carbocycles. The van der Waals surface area contributed by atoms with Crippen LogP contribution in [0, 0.1) is 6.92 Å². The van der Waals surface area contributed by atoms with Gasteiger partial charge in [-0.25, -0.2) is 0 Å². The molecule has 1 aromatic rings. The molecule has 0 unspecified atom stereocenters. The maximum Gasteiger partial charge on any atom is 0.123 e. The number of ether oxygens (including phenoxy) is 1. The van der Waals surface area contributed by atoms with Crippen LogP contribution in [0.5, 0.6) is 5.75 Å². The van der Waals surface area contributed by atoms with Gasteiger partial charge >= 0.3 is 0 Å². The van der Waals surface area contributed by atoms with E-state index in [2.05, 4.69) is 51.2 Å². The largest absolute Gasteiger partial charge is 0.493 e. The van der Waals surface area contributed by atoms with Crippen LogP contribution < -0.4 is 10.1 Å². The zero-order valence-electron chi connectivity index (χ0n) is 12.6. The molecule has 0 spiro atoms. The molecule has 0 saturated heterocycles. The highest BCUT2D eigenvalue weighted by molar-refractivity contribution is 5.41. The third-order valence-electron chi connectivity index (χ3n) is 2.99. The van der Waals surface area contributed by atoms with Gasteiger partial charge in [-0.15, -0.1) is 0 Å². The summed E-state index contributed by atoms with van der Waals surface area (Å²) in [5.74, 6) is 0.986. The van der Waals surface area contributed by atoms with E-state index < -0.39 is 0 Å². The van der Waals surface area contributed by atoms with E-state index in [0.29, 0.717) is 13.2 Å². The molecule has 1 aromatic carbocycles. The molecule has 3 nitrogen and oxygen atoms in total. The van der Waals surface area contributed by atoms with E-state index in [1.807, 2.05) is 0 Å². The van der Waals surface area contributed by atoms with Crippen LogP contribution in [0.1, 0.15) is 38.3 Å². The molecule has 0 aliphatic heterocycles. The summed E-state index contributed by atoms with van der Waals surface area (Å²) in [6.07, 6.45) is 0.942.